The summed E-state index contributed by atoms with van der Waals surface area (Å²) in [6.45, 7) is -0.789. The summed E-state index contributed by atoms with van der Waals surface area (Å²) in [5.41, 5.74) is 0.279. The molecule has 1 fully saturated rings. The summed E-state index contributed by atoms with van der Waals surface area (Å²) in [5.74, 6) is -2.87. The van der Waals surface area contributed by atoms with E-state index in [9.17, 15) is 22.4 Å². The summed E-state index contributed by atoms with van der Waals surface area (Å²) in [6, 6.07) is 7.46. The van der Waals surface area contributed by atoms with E-state index in [1.807, 2.05) is 0 Å². The normalized spacial score (nSPS) is 17.5. The molecule has 1 saturated heterocycles. The molecule has 2 aromatic rings. The van der Waals surface area contributed by atoms with Gasteiger partial charge in [0.1, 0.15) is 18.1 Å². The van der Waals surface area contributed by atoms with Crippen LogP contribution in [0.4, 0.5) is 4.39 Å². The van der Waals surface area contributed by atoms with Crippen LogP contribution in [0.3, 0.4) is 0 Å². The van der Waals surface area contributed by atoms with Crippen LogP contribution < -0.4 is 10.1 Å². The number of nitrogens with zero attached hydrogens (tertiary/aromatic N) is 1. The van der Waals surface area contributed by atoms with Crippen LogP contribution in [0.15, 0.2) is 41.3 Å². The van der Waals surface area contributed by atoms with Crippen molar-refractivity contribution in [3.05, 3.63) is 57.8 Å². The largest absolute Gasteiger partial charge is 0.495 e. The van der Waals surface area contributed by atoms with Gasteiger partial charge < -0.3 is 10.1 Å². The molecule has 7 nitrogen and oxygen atoms in total. The number of hydrogen-bond acceptors (Lipinski definition) is 5. The van der Waals surface area contributed by atoms with Crippen molar-refractivity contribution in [1.82, 2.24) is 9.62 Å². The fourth-order valence-corrected chi connectivity index (χ4v) is 4.98. The van der Waals surface area contributed by atoms with Gasteiger partial charge in [-0.05, 0) is 48.4 Å². The molecule has 2 amide bonds. The molecule has 30 heavy (non-hydrogen) atoms. The van der Waals surface area contributed by atoms with E-state index in [-0.39, 0.29) is 34.2 Å². The Morgan fingerprint density at radius 2 is 1.87 bits per heavy atom. The van der Waals surface area contributed by atoms with E-state index in [1.165, 1.54) is 31.4 Å². The summed E-state index contributed by atoms with van der Waals surface area (Å²) in [7, 11) is -2.96. The molecular formula is C19H17Cl2FN2O5S. The molecule has 3 rings (SSSR count). The molecule has 0 radical (unpaired) electrons. The molecule has 1 aliphatic rings. The lowest BCUT2D eigenvalue weighted by atomic mass is 9.97. The van der Waals surface area contributed by atoms with Crippen LogP contribution in [-0.2, 0) is 26.0 Å². The Morgan fingerprint density at radius 3 is 2.50 bits per heavy atom. The third-order valence-corrected chi connectivity index (χ3v) is 6.88. The van der Waals surface area contributed by atoms with Crippen LogP contribution in [0, 0.1) is 11.7 Å². The topological polar surface area (TPSA) is 92.8 Å². The van der Waals surface area contributed by atoms with Gasteiger partial charge in [-0.25, -0.2) is 17.1 Å². The predicted octanol–water partition coefficient (Wildman–Crippen LogP) is 2.65. The standard InChI is InChI=1S/C19H17Cl2FN2O5S/c1-29-18-11(7-14(22)8-16(18)21)6-12-9-23-17(25)10-24(19(12)26)30(27,28)15-4-2-13(20)3-5-15/h2-5,7-8,12H,6,9-10H2,1H3,(H,23,25). The van der Waals surface area contributed by atoms with E-state index in [4.69, 9.17) is 27.9 Å². The molecule has 0 spiro atoms. The maximum absolute atomic E-state index is 13.8. The van der Waals surface area contributed by atoms with Crippen LogP contribution in [0.2, 0.25) is 10.0 Å². The van der Waals surface area contributed by atoms with Gasteiger partial charge in [0, 0.05) is 11.6 Å². The highest BCUT2D eigenvalue weighted by molar-refractivity contribution is 7.89. The molecule has 160 valence electrons. The smallest absolute Gasteiger partial charge is 0.266 e. The first-order chi connectivity index (χ1) is 14.1. The quantitative estimate of drug-likeness (QED) is 0.718. The maximum atomic E-state index is 13.8. The number of nitrogens with one attached hydrogen (secondary N) is 1. The van der Waals surface area contributed by atoms with Gasteiger partial charge in [-0.15, -0.1) is 0 Å². The SMILES string of the molecule is COc1c(Cl)cc(F)cc1CC1CNC(=O)CN(S(=O)(=O)c2ccc(Cl)cc2)C1=O. The van der Waals surface area contributed by atoms with Gasteiger partial charge in [0.15, 0.2) is 0 Å². The number of methoxy groups -OCH3 is 1. The van der Waals surface area contributed by atoms with Crippen molar-refractivity contribution >= 4 is 45.0 Å². The minimum absolute atomic E-state index is 0.0169. The van der Waals surface area contributed by atoms with Crippen LogP contribution in [0.1, 0.15) is 5.56 Å². The van der Waals surface area contributed by atoms with Crippen LogP contribution in [-0.4, -0.2) is 44.7 Å². The van der Waals surface area contributed by atoms with E-state index in [0.717, 1.165) is 12.1 Å². The molecule has 0 bridgehead atoms. The summed E-state index contributed by atoms with van der Waals surface area (Å²) < 4.78 is 45.6. The number of sulfonamides is 1. The number of amides is 2. The predicted molar refractivity (Wildman–Crippen MR) is 109 cm³/mol. The highest BCUT2D eigenvalue weighted by atomic mass is 35.5. The first kappa shape index (κ1) is 22.3. The molecule has 0 saturated carbocycles. The Bertz CT molecular complexity index is 1090. The second-order valence-corrected chi connectivity index (χ2v) is 9.29. The highest BCUT2D eigenvalue weighted by Crippen LogP contribution is 2.32. The Labute approximate surface area is 182 Å². The third-order valence-electron chi connectivity index (χ3n) is 4.59. The number of rotatable bonds is 5. The van der Waals surface area contributed by atoms with Gasteiger partial charge >= 0.3 is 0 Å². The van der Waals surface area contributed by atoms with E-state index in [1.54, 1.807) is 0 Å². The molecule has 1 heterocycles. The molecule has 1 aliphatic heterocycles. The second-order valence-electron chi connectivity index (χ2n) is 6.59. The van der Waals surface area contributed by atoms with Gasteiger partial charge in [0.05, 0.1) is 22.9 Å². The third kappa shape index (κ3) is 4.53. The first-order valence-electron chi connectivity index (χ1n) is 8.74. The Hall–Kier alpha value is -2.36. The Morgan fingerprint density at radius 1 is 1.20 bits per heavy atom. The van der Waals surface area contributed by atoms with Crippen molar-refractivity contribution in [1.29, 1.82) is 0 Å². The van der Waals surface area contributed by atoms with Gasteiger partial charge in [-0.3, -0.25) is 9.59 Å². The average molecular weight is 475 g/mol. The minimum Gasteiger partial charge on any atom is -0.495 e. The molecule has 0 aliphatic carbocycles. The zero-order chi connectivity index (χ0) is 22.1. The van der Waals surface area contributed by atoms with E-state index >= 15 is 0 Å². The summed E-state index contributed by atoms with van der Waals surface area (Å²) in [4.78, 5) is 25.0. The molecule has 1 atom stereocenters. The van der Waals surface area contributed by atoms with Gasteiger partial charge in [-0.1, -0.05) is 23.2 Å². The van der Waals surface area contributed by atoms with Gasteiger partial charge in [-0.2, -0.15) is 0 Å². The van der Waals surface area contributed by atoms with E-state index < -0.39 is 40.1 Å². The maximum Gasteiger partial charge on any atom is 0.266 e. The van der Waals surface area contributed by atoms with Crippen molar-refractivity contribution in [2.75, 3.05) is 20.2 Å². The fraction of sp³-hybridized carbons (Fsp3) is 0.263. The molecule has 1 unspecified atom stereocenters. The van der Waals surface area contributed by atoms with E-state index in [2.05, 4.69) is 5.32 Å². The van der Waals surface area contributed by atoms with E-state index in [0.29, 0.717) is 9.33 Å². The lowest BCUT2D eigenvalue weighted by Crippen LogP contribution is -2.42. The first-order valence-corrected chi connectivity index (χ1v) is 10.9. The molecule has 0 aromatic heterocycles. The molecular weight excluding hydrogens is 458 g/mol. The zero-order valence-corrected chi connectivity index (χ0v) is 18.0. The number of halogens is 3. The average Bonchev–Trinajstić information content (AvgIpc) is 2.82. The number of carbonyl (C=O) groups is 2. The second kappa shape index (κ2) is 8.79. The summed E-state index contributed by atoms with van der Waals surface area (Å²) >= 11 is 11.8. The van der Waals surface area contributed by atoms with Crippen molar-refractivity contribution in [3.8, 4) is 5.75 Å². The lowest BCUT2D eigenvalue weighted by molar-refractivity contribution is -0.131. The number of hydrogen-bond donors (Lipinski definition) is 1. The fourth-order valence-electron chi connectivity index (χ4n) is 3.15. The summed E-state index contributed by atoms with van der Waals surface area (Å²) in [6.07, 6.45) is -0.0909. The monoisotopic (exact) mass is 474 g/mol. The molecule has 11 heteroatoms. The van der Waals surface area contributed by atoms with Crippen LogP contribution in [0.5, 0.6) is 5.75 Å². The lowest BCUT2D eigenvalue weighted by Gasteiger charge is -2.23. The van der Waals surface area contributed by atoms with Crippen LogP contribution in [0.25, 0.3) is 0 Å². The molecule has 2 aromatic carbocycles. The number of benzene rings is 2. The van der Waals surface area contributed by atoms with Gasteiger partial charge in [0.25, 0.3) is 10.0 Å². The number of carbonyl (C=O) groups excluding carboxylic acids is 2. The zero-order valence-electron chi connectivity index (χ0n) is 15.7. The highest BCUT2D eigenvalue weighted by Gasteiger charge is 2.38. The van der Waals surface area contributed by atoms with Crippen LogP contribution >= 0.6 is 23.2 Å². The minimum atomic E-state index is -4.31. The van der Waals surface area contributed by atoms with Gasteiger partial charge in [0.2, 0.25) is 11.8 Å². The Balaban J connectivity index is 1.97. The number of ether oxygens (including phenoxy) is 1. The van der Waals surface area contributed by atoms with Crippen molar-refractivity contribution in [3.63, 3.8) is 0 Å². The summed E-state index contributed by atoms with van der Waals surface area (Å²) in [5, 5.41) is 2.86. The molecule has 1 N–H and O–H groups in total. The Kier molecular flexibility index (Phi) is 6.54. The van der Waals surface area contributed by atoms with Crippen molar-refractivity contribution < 1.29 is 27.1 Å². The van der Waals surface area contributed by atoms with Crippen molar-refractivity contribution in [2.45, 2.75) is 11.3 Å². The van der Waals surface area contributed by atoms with Crippen molar-refractivity contribution in [2.24, 2.45) is 5.92 Å².